The van der Waals surface area contributed by atoms with Crippen molar-refractivity contribution in [3.05, 3.63) is 10.4 Å². The molecule has 0 radical (unpaired) electrons. The molecule has 1 unspecified atom stereocenters. The number of nitrogens with zero attached hydrogens (tertiary/aromatic N) is 5. The van der Waals surface area contributed by atoms with E-state index in [1.54, 1.807) is 22.8 Å². The fourth-order valence-corrected chi connectivity index (χ4v) is 4.32. The number of aromatic nitrogens is 5. The molecule has 0 spiro atoms. The molecule has 1 aliphatic rings. The second kappa shape index (κ2) is 5.11. The van der Waals surface area contributed by atoms with E-state index in [-0.39, 0.29) is 0 Å². The van der Waals surface area contributed by atoms with Crippen molar-refractivity contribution in [1.29, 1.82) is 0 Å². The molecule has 3 aromatic rings. The topological polar surface area (TPSA) is 92.7 Å². The van der Waals surface area contributed by atoms with Gasteiger partial charge in [-0.05, 0) is 22.9 Å². The molecule has 0 fully saturated rings. The lowest BCUT2D eigenvalue weighted by Crippen LogP contribution is -3.08. The van der Waals surface area contributed by atoms with Crippen LogP contribution in [0.25, 0.3) is 16.0 Å². The standard InChI is InChI=1S/C13H17N7OS/c1-7(21)5-14-11-10-8-3-4-19(2)6-9(8)22-12(10)20-13(15-11)16-17-18-20/h7,21H,3-6H2,1-2H3,(H,14,15,16,18)/p+1/t7-/m0/s1. The van der Waals surface area contributed by atoms with Crippen LogP contribution in [0.3, 0.4) is 0 Å². The largest absolute Gasteiger partial charge is 0.392 e. The summed E-state index contributed by atoms with van der Waals surface area (Å²) in [7, 11) is 2.21. The minimum atomic E-state index is -0.436. The van der Waals surface area contributed by atoms with Crippen LogP contribution in [0, 0.1) is 0 Å². The van der Waals surface area contributed by atoms with E-state index in [1.165, 1.54) is 15.3 Å². The molecule has 116 valence electrons. The fraction of sp³-hybridized carbons (Fsp3) is 0.538. The molecule has 3 aromatic heterocycles. The molecular formula is C13H18N7OS+. The third kappa shape index (κ3) is 2.13. The highest BCUT2D eigenvalue weighted by molar-refractivity contribution is 7.19. The van der Waals surface area contributed by atoms with E-state index in [0.29, 0.717) is 12.3 Å². The number of hydrogen-bond acceptors (Lipinski definition) is 7. The molecule has 3 N–H and O–H groups in total. The molecule has 0 aliphatic carbocycles. The highest BCUT2D eigenvalue weighted by atomic mass is 32.1. The first-order chi connectivity index (χ1) is 10.6. The Morgan fingerprint density at radius 3 is 3.18 bits per heavy atom. The molecule has 8 nitrogen and oxygen atoms in total. The molecule has 9 heteroatoms. The van der Waals surface area contributed by atoms with Gasteiger partial charge in [-0.25, -0.2) is 0 Å². The average molecular weight is 320 g/mol. The van der Waals surface area contributed by atoms with Crippen LogP contribution in [-0.2, 0) is 13.0 Å². The van der Waals surface area contributed by atoms with Gasteiger partial charge in [0.1, 0.15) is 17.2 Å². The van der Waals surface area contributed by atoms with E-state index >= 15 is 0 Å². The Labute approximate surface area is 130 Å². The van der Waals surface area contributed by atoms with E-state index in [0.717, 1.165) is 35.5 Å². The summed E-state index contributed by atoms with van der Waals surface area (Å²) in [6.45, 7) is 4.34. The Morgan fingerprint density at radius 1 is 1.50 bits per heavy atom. The third-order valence-corrected chi connectivity index (χ3v) is 5.20. The number of aliphatic hydroxyl groups excluding tert-OH is 1. The number of rotatable bonds is 3. The zero-order chi connectivity index (χ0) is 15.3. The van der Waals surface area contributed by atoms with Crippen LogP contribution in [0.5, 0.6) is 0 Å². The van der Waals surface area contributed by atoms with Crippen LogP contribution in [0.2, 0.25) is 0 Å². The summed E-state index contributed by atoms with van der Waals surface area (Å²) in [5, 5.41) is 25.7. The molecule has 0 amide bonds. The van der Waals surface area contributed by atoms with Gasteiger partial charge in [0.05, 0.1) is 30.0 Å². The van der Waals surface area contributed by atoms with Gasteiger partial charge in [-0.15, -0.1) is 11.3 Å². The number of thiophene rings is 1. The Kier molecular flexibility index (Phi) is 3.21. The molecule has 0 saturated carbocycles. The highest BCUT2D eigenvalue weighted by Gasteiger charge is 2.26. The lowest BCUT2D eigenvalue weighted by atomic mass is 10.1. The second-order valence-corrected chi connectivity index (χ2v) is 6.98. The summed E-state index contributed by atoms with van der Waals surface area (Å²) in [6, 6.07) is 0. The molecule has 1 aliphatic heterocycles. The summed E-state index contributed by atoms with van der Waals surface area (Å²) in [5.41, 5.74) is 1.35. The smallest absolute Gasteiger partial charge is 0.276 e. The van der Waals surface area contributed by atoms with Crippen LogP contribution in [0.15, 0.2) is 0 Å². The van der Waals surface area contributed by atoms with Crippen molar-refractivity contribution in [2.24, 2.45) is 0 Å². The predicted octanol–water partition coefficient (Wildman–Crippen LogP) is -0.902. The van der Waals surface area contributed by atoms with Crippen molar-refractivity contribution in [2.75, 3.05) is 25.5 Å². The van der Waals surface area contributed by atoms with Gasteiger partial charge in [0.15, 0.2) is 0 Å². The number of fused-ring (bicyclic) bond motifs is 5. The van der Waals surface area contributed by atoms with Gasteiger partial charge >= 0.3 is 0 Å². The van der Waals surface area contributed by atoms with Crippen molar-refractivity contribution in [2.45, 2.75) is 26.0 Å². The molecule has 4 heterocycles. The van der Waals surface area contributed by atoms with E-state index in [2.05, 4.69) is 32.9 Å². The highest BCUT2D eigenvalue weighted by Crippen LogP contribution is 2.36. The van der Waals surface area contributed by atoms with E-state index in [9.17, 15) is 5.11 Å². The van der Waals surface area contributed by atoms with Crippen LogP contribution in [-0.4, -0.2) is 56.4 Å². The zero-order valence-corrected chi connectivity index (χ0v) is 13.3. The van der Waals surface area contributed by atoms with Gasteiger partial charge in [-0.3, -0.25) is 0 Å². The van der Waals surface area contributed by atoms with Gasteiger partial charge in [0, 0.05) is 13.0 Å². The van der Waals surface area contributed by atoms with Crippen molar-refractivity contribution in [3.8, 4) is 0 Å². The number of anilines is 1. The van der Waals surface area contributed by atoms with Crippen molar-refractivity contribution < 1.29 is 10.0 Å². The van der Waals surface area contributed by atoms with Crippen LogP contribution >= 0.6 is 11.3 Å². The van der Waals surface area contributed by atoms with Gasteiger partial charge in [0.2, 0.25) is 0 Å². The minimum Gasteiger partial charge on any atom is -0.392 e. The maximum absolute atomic E-state index is 9.55. The monoisotopic (exact) mass is 320 g/mol. The Balaban J connectivity index is 1.95. The van der Waals surface area contributed by atoms with Crippen LogP contribution in [0.1, 0.15) is 17.4 Å². The summed E-state index contributed by atoms with van der Waals surface area (Å²) >= 11 is 1.74. The molecule has 4 rings (SSSR count). The van der Waals surface area contributed by atoms with Crippen molar-refractivity contribution in [1.82, 2.24) is 25.0 Å². The zero-order valence-electron chi connectivity index (χ0n) is 12.5. The van der Waals surface area contributed by atoms with Gasteiger partial charge in [-0.1, -0.05) is 5.10 Å². The Bertz CT molecular complexity index is 840. The number of nitrogens with one attached hydrogen (secondary N) is 2. The quantitative estimate of drug-likeness (QED) is 0.579. The Hall–Kier alpha value is -1.84. The normalized spacial score (nSPS) is 19.5. The summed E-state index contributed by atoms with van der Waals surface area (Å²) in [6.07, 6.45) is 0.592. The number of hydrogen-bond donors (Lipinski definition) is 3. The molecule has 0 saturated heterocycles. The number of likely N-dealkylation sites (N-methyl/N-ethyl adjacent to an activating group) is 1. The SMILES string of the molecule is C[C@H](O)CNc1nc2nnnn2c2sc3c(c12)CC[NH+](C)C3. The van der Waals surface area contributed by atoms with E-state index < -0.39 is 6.10 Å². The molecule has 0 aromatic carbocycles. The van der Waals surface area contributed by atoms with Crippen LogP contribution in [0.4, 0.5) is 5.82 Å². The van der Waals surface area contributed by atoms with Gasteiger partial charge in [0.25, 0.3) is 5.78 Å². The number of quaternary nitrogens is 1. The van der Waals surface area contributed by atoms with Gasteiger partial charge < -0.3 is 15.3 Å². The summed E-state index contributed by atoms with van der Waals surface area (Å²) < 4.78 is 1.71. The number of aliphatic hydroxyl groups is 1. The third-order valence-electron chi connectivity index (χ3n) is 4.00. The first kappa shape index (κ1) is 13.8. The molecule has 2 atom stereocenters. The first-order valence-corrected chi connectivity index (χ1v) is 8.20. The molecular weight excluding hydrogens is 302 g/mol. The summed E-state index contributed by atoms with van der Waals surface area (Å²) in [5.74, 6) is 1.26. The van der Waals surface area contributed by atoms with E-state index in [1.807, 2.05) is 0 Å². The molecule has 22 heavy (non-hydrogen) atoms. The lowest BCUT2D eigenvalue weighted by molar-refractivity contribution is -0.895. The maximum Gasteiger partial charge on any atom is 0.276 e. The minimum absolute atomic E-state index is 0.436. The molecule has 0 bridgehead atoms. The van der Waals surface area contributed by atoms with E-state index in [4.69, 9.17) is 0 Å². The maximum atomic E-state index is 9.55. The Morgan fingerprint density at radius 2 is 2.36 bits per heavy atom. The lowest BCUT2D eigenvalue weighted by Gasteiger charge is -2.19. The van der Waals surface area contributed by atoms with Crippen molar-refractivity contribution >= 4 is 33.1 Å². The second-order valence-electron chi connectivity index (χ2n) is 5.90. The first-order valence-electron chi connectivity index (χ1n) is 7.39. The number of tetrazole rings is 1. The van der Waals surface area contributed by atoms with Gasteiger partial charge in [-0.2, -0.15) is 9.50 Å². The predicted molar refractivity (Wildman–Crippen MR) is 83.3 cm³/mol. The average Bonchev–Trinajstić information content (AvgIpc) is 3.07. The fourth-order valence-electron chi connectivity index (χ4n) is 2.91. The van der Waals surface area contributed by atoms with Crippen LogP contribution < -0.4 is 10.2 Å². The summed E-state index contributed by atoms with van der Waals surface area (Å²) in [4.78, 5) is 8.46. The van der Waals surface area contributed by atoms with Crippen molar-refractivity contribution in [3.63, 3.8) is 0 Å².